The molecule has 8 heteroatoms. The second-order valence-corrected chi connectivity index (χ2v) is 9.33. The molecule has 0 bridgehead atoms. The molecule has 1 spiro atoms. The van der Waals surface area contributed by atoms with Crippen LogP contribution in [-0.2, 0) is 4.74 Å². The molecule has 2 aromatic heterocycles. The lowest BCUT2D eigenvalue weighted by atomic mass is 9.78. The normalized spacial score (nSPS) is 23.8. The monoisotopic (exact) mass is 424 g/mol. The van der Waals surface area contributed by atoms with E-state index in [4.69, 9.17) is 4.74 Å². The molecule has 5 rings (SSSR count). The number of likely N-dealkylation sites (tertiary alicyclic amines) is 1. The van der Waals surface area contributed by atoms with Gasteiger partial charge in [-0.2, -0.15) is 5.10 Å². The number of anilines is 1. The fourth-order valence-electron chi connectivity index (χ4n) is 5.76. The van der Waals surface area contributed by atoms with Crippen molar-refractivity contribution in [3.8, 4) is 5.69 Å². The van der Waals surface area contributed by atoms with Crippen LogP contribution in [0.25, 0.3) is 5.69 Å². The molecule has 3 fully saturated rings. The number of rotatable bonds is 5. The van der Waals surface area contributed by atoms with E-state index in [1.807, 2.05) is 18.3 Å². The third-order valence-corrected chi connectivity index (χ3v) is 7.12. The average molecular weight is 425 g/mol. The lowest BCUT2D eigenvalue weighted by Crippen LogP contribution is -2.54. The topological polar surface area (TPSA) is 66.7 Å². The summed E-state index contributed by atoms with van der Waals surface area (Å²) in [7, 11) is 2.23. The molecule has 0 N–H and O–H groups in total. The van der Waals surface area contributed by atoms with Crippen molar-refractivity contribution in [1.29, 1.82) is 0 Å². The summed E-state index contributed by atoms with van der Waals surface area (Å²) in [5.74, 6) is 0.573. The minimum absolute atomic E-state index is 0.347. The number of pyridine rings is 1. The molecule has 3 aliphatic rings. The number of nitrogens with zero attached hydrogens (tertiary/aromatic N) is 6. The van der Waals surface area contributed by atoms with E-state index in [1.54, 1.807) is 24.0 Å². The quantitative estimate of drug-likeness (QED) is 0.681. The zero-order chi connectivity index (χ0) is 21.4. The first-order valence-corrected chi connectivity index (χ1v) is 11.4. The van der Waals surface area contributed by atoms with Crippen molar-refractivity contribution in [3.05, 3.63) is 36.3 Å². The van der Waals surface area contributed by atoms with Gasteiger partial charge in [0.2, 0.25) is 0 Å². The van der Waals surface area contributed by atoms with Gasteiger partial charge in [-0.1, -0.05) is 0 Å². The van der Waals surface area contributed by atoms with Crippen molar-refractivity contribution in [1.82, 2.24) is 24.6 Å². The second kappa shape index (κ2) is 8.24. The Labute approximate surface area is 183 Å². The summed E-state index contributed by atoms with van der Waals surface area (Å²) in [6.45, 7) is 8.76. The van der Waals surface area contributed by atoms with Gasteiger partial charge in [-0.25, -0.2) is 14.5 Å². The van der Waals surface area contributed by atoms with Crippen molar-refractivity contribution in [2.75, 3.05) is 57.8 Å². The molecular formula is C23H32N6O2. The molecule has 4 heterocycles. The number of aromatic nitrogens is 3. The Balaban J connectivity index is 1.25. The third kappa shape index (κ3) is 3.94. The van der Waals surface area contributed by atoms with E-state index in [2.05, 4.69) is 31.8 Å². The molecule has 2 saturated heterocycles. The zero-order valence-electron chi connectivity index (χ0n) is 18.5. The fraction of sp³-hybridized carbons (Fsp3) is 0.609. The molecule has 0 aromatic carbocycles. The van der Waals surface area contributed by atoms with E-state index in [0.717, 1.165) is 43.7 Å². The van der Waals surface area contributed by atoms with E-state index >= 15 is 0 Å². The number of piperazine rings is 1. The van der Waals surface area contributed by atoms with Crippen LogP contribution in [0.15, 0.2) is 30.7 Å². The number of hydrogen-bond acceptors (Lipinski definition) is 7. The molecule has 31 heavy (non-hydrogen) atoms. The van der Waals surface area contributed by atoms with Crippen LogP contribution in [0.4, 0.5) is 5.82 Å². The highest BCUT2D eigenvalue weighted by Gasteiger charge is 2.48. The lowest BCUT2D eigenvalue weighted by Gasteiger charge is -2.47. The van der Waals surface area contributed by atoms with E-state index in [1.165, 1.54) is 32.4 Å². The third-order valence-electron chi connectivity index (χ3n) is 7.12. The van der Waals surface area contributed by atoms with Crippen molar-refractivity contribution < 1.29 is 9.53 Å². The van der Waals surface area contributed by atoms with E-state index in [-0.39, 0.29) is 5.97 Å². The highest BCUT2D eigenvalue weighted by molar-refractivity contribution is 5.88. The first-order chi connectivity index (χ1) is 15.1. The van der Waals surface area contributed by atoms with Crippen molar-refractivity contribution >= 4 is 11.8 Å². The van der Waals surface area contributed by atoms with Gasteiger partial charge in [-0.15, -0.1) is 0 Å². The zero-order valence-corrected chi connectivity index (χ0v) is 18.5. The Morgan fingerprint density at radius 2 is 2.06 bits per heavy atom. The molecule has 8 nitrogen and oxygen atoms in total. The van der Waals surface area contributed by atoms with Gasteiger partial charge in [0.25, 0.3) is 0 Å². The Morgan fingerprint density at radius 3 is 2.81 bits per heavy atom. The van der Waals surface area contributed by atoms with Gasteiger partial charge >= 0.3 is 5.97 Å². The van der Waals surface area contributed by atoms with Gasteiger partial charge in [0.05, 0.1) is 18.4 Å². The Kier molecular flexibility index (Phi) is 5.44. The maximum absolute atomic E-state index is 12.0. The Morgan fingerprint density at radius 1 is 1.26 bits per heavy atom. The van der Waals surface area contributed by atoms with Crippen molar-refractivity contribution in [2.45, 2.75) is 32.2 Å². The van der Waals surface area contributed by atoms with Gasteiger partial charge in [0.1, 0.15) is 5.69 Å². The molecule has 1 aliphatic carbocycles. The van der Waals surface area contributed by atoms with Crippen molar-refractivity contribution in [2.24, 2.45) is 5.41 Å². The molecule has 166 valence electrons. The number of carbonyl (C=O) groups is 1. The SMILES string of the molecule is CCOC(=O)c1cnn(-c2cccnc2N2CCN(C3CCC4(C3)CN(C)C4)CC2)c1. The minimum atomic E-state index is -0.347. The van der Waals surface area contributed by atoms with Gasteiger partial charge in [-0.05, 0) is 50.8 Å². The van der Waals surface area contributed by atoms with Crippen LogP contribution in [-0.4, -0.2) is 89.5 Å². The Hall–Kier alpha value is -2.45. The summed E-state index contributed by atoms with van der Waals surface area (Å²) in [6, 6.07) is 4.65. The maximum Gasteiger partial charge on any atom is 0.341 e. The maximum atomic E-state index is 12.0. The first kappa shape index (κ1) is 20.5. The number of carbonyl (C=O) groups excluding carboxylic acids is 1. The smallest absolute Gasteiger partial charge is 0.341 e. The van der Waals surface area contributed by atoms with E-state index in [0.29, 0.717) is 17.6 Å². The van der Waals surface area contributed by atoms with Crippen molar-refractivity contribution in [3.63, 3.8) is 0 Å². The summed E-state index contributed by atoms with van der Waals surface area (Å²) < 4.78 is 6.82. The molecule has 1 saturated carbocycles. The Bertz CT molecular complexity index is 930. The highest BCUT2D eigenvalue weighted by Crippen LogP contribution is 2.46. The van der Waals surface area contributed by atoms with Crippen LogP contribution >= 0.6 is 0 Å². The van der Waals surface area contributed by atoms with Crippen LogP contribution in [0.1, 0.15) is 36.5 Å². The summed E-state index contributed by atoms with van der Waals surface area (Å²) in [5.41, 5.74) is 1.95. The van der Waals surface area contributed by atoms with Gasteiger partial charge < -0.3 is 14.5 Å². The summed E-state index contributed by atoms with van der Waals surface area (Å²) >= 11 is 0. The molecule has 2 aromatic rings. The van der Waals surface area contributed by atoms with Gasteiger partial charge in [-0.3, -0.25) is 4.90 Å². The molecule has 1 atom stereocenters. The average Bonchev–Trinajstić information content (AvgIpc) is 3.42. The number of ether oxygens (including phenoxy) is 1. The minimum Gasteiger partial charge on any atom is -0.462 e. The second-order valence-electron chi connectivity index (χ2n) is 9.33. The summed E-state index contributed by atoms with van der Waals surface area (Å²) in [5, 5.41) is 4.40. The predicted octanol–water partition coefficient (Wildman–Crippen LogP) is 2.05. The molecule has 2 aliphatic heterocycles. The van der Waals surface area contributed by atoms with Gasteiger partial charge in [0, 0.05) is 57.7 Å². The molecular weight excluding hydrogens is 392 g/mol. The molecule has 0 radical (unpaired) electrons. The standard InChI is InChI=1S/C23H32N6O2/c1-3-31-22(30)18-14-25-29(15-18)20-5-4-8-24-21(20)28-11-9-27(10-12-28)19-6-7-23(13-19)16-26(2)17-23/h4-5,8,14-15,19H,3,6-7,9-13,16-17H2,1-2H3. The number of esters is 1. The lowest BCUT2D eigenvalue weighted by molar-refractivity contribution is 0.0204. The van der Waals surface area contributed by atoms with Crippen LogP contribution < -0.4 is 4.90 Å². The molecule has 0 amide bonds. The van der Waals surface area contributed by atoms with Crippen LogP contribution in [0.3, 0.4) is 0 Å². The summed E-state index contributed by atoms with van der Waals surface area (Å²) in [6.07, 6.45) is 9.19. The predicted molar refractivity (Wildman–Crippen MR) is 119 cm³/mol. The van der Waals surface area contributed by atoms with E-state index in [9.17, 15) is 4.79 Å². The number of hydrogen-bond donors (Lipinski definition) is 0. The fourth-order valence-corrected chi connectivity index (χ4v) is 5.76. The van der Waals surface area contributed by atoms with E-state index < -0.39 is 0 Å². The van der Waals surface area contributed by atoms with Crippen LogP contribution in [0.5, 0.6) is 0 Å². The first-order valence-electron chi connectivity index (χ1n) is 11.4. The van der Waals surface area contributed by atoms with Crippen LogP contribution in [0.2, 0.25) is 0 Å². The van der Waals surface area contributed by atoms with Crippen LogP contribution in [0, 0.1) is 5.41 Å². The molecule has 1 unspecified atom stereocenters. The highest BCUT2D eigenvalue weighted by atomic mass is 16.5. The largest absolute Gasteiger partial charge is 0.462 e. The summed E-state index contributed by atoms with van der Waals surface area (Å²) in [4.78, 5) is 24.2. The van der Waals surface area contributed by atoms with Gasteiger partial charge in [0.15, 0.2) is 5.82 Å².